The number of benzene rings is 5. The Labute approximate surface area is 699 Å². The first-order chi connectivity index (χ1) is 54.7. The maximum Gasteiger partial charge on any atom is 0.302 e. The Hall–Kier alpha value is -5.51. The van der Waals surface area contributed by atoms with Crippen LogP contribution in [0.15, 0.2) is 97.1 Å². The molecule has 0 bridgehead atoms. The number of nitrogens with zero attached hydrogens (tertiary/aromatic N) is 1. The van der Waals surface area contributed by atoms with Crippen LogP contribution in [0.3, 0.4) is 0 Å². The molecule has 1 aliphatic heterocycles. The minimum atomic E-state index is -1.08. The molecule has 25 atom stereocenters. The van der Waals surface area contributed by atoms with Gasteiger partial charge in [-0.25, -0.2) is 0 Å². The van der Waals surface area contributed by atoms with E-state index in [4.69, 9.17) is 28.5 Å². The third-order valence-corrected chi connectivity index (χ3v) is 32.0. The number of hydroxylamine groups is 2. The number of amides is 1. The summed E-state index contributed by atoms with van der Waals surface area (Å²) in [5.74, 6) is 7.96. The molecular formula is C98H134INO14Si. The molecule has 0 saturated heterocycles. The second kappa shape index (κ2) is 34.5. The molecule has 1 heterocycles. The number of hydrogen-bond acceptors (Lipinski definition) is 14. The van der Waals surface area contributed by atoms with Gasteiger partial charge in [0.05, 0.1) is 25.9 Å². The number of phenolic OH excluding ortho intramolecular Hbond substituents is 1. The molecular weight excluding hydrogens is 1570 g/mol. The summed E-state index contributed by atoms with van der Waals surface area (Å²) < 4.78 is 28.4. The van der Waals surface area contributed by atoms with Crippen LogP contribution in [-0.4, -0.2) is 120 Å². The van der Waals surface area contributed by atoms with E-state index >= 15 is 0 Å². The van der Waals surface area contributed by atoms with E-state index in [0.29, 0.717) is 113 Å². The number of rotatable bonds is 11. The summed E-state index contributed by atoms with van der Waals surface area (Å²) in [5, 5.41) is 42.4. The number of phenols is 1. The number of aliphatic hydroxyl groups excluding tert-OH is 3. The van der Waals surface area contributed by atoms with Crippen molar-refractivity contribution in [3.63, 3.8) is 0 Å². The number of methoxy groups -OCH3 is 2. The van der Waals surface area contributed by atoms with Crippen molar-refractivity contribution in [2.24, 2.45) is 69.0 Å². The molecule has 8 fully saturated rings. The first kappa shape index (κ1) is 85.9. The highest BCUT2D eigenvalue weighted by molar-refractivity contribution is 14.1. The zero-order chi connectivity index (χ0) is 82.1. The van der Waals surface area contributed by atoms with Crippen molar-refractivity contribution < 1.29 is 68.1 Å². The zero-order valence-electron chi connectivity index (χ0n) is 71.5. The summed E-state index contributed by atoms with van der Waals surface area (Å²) in [4.78, 5) is 54.0. The number of carbonyl (C=O) groups excluding carboxylic acids is 4. The van der Waals surface area contributed by atoms with E-state index in [0.717, 1.165) is 108 Å². The maximum atomic E-state index is 12.9. The predicted molar refractivity (Wildman–Crippen MR) is 461 cm³/mol. The van der Waals surface area contributed by atoms with Gasteiger partial charge in [0.2, 0.25) is 0 Å². The molecule has 8 saturated carbocycles. The molecule has 0 spiro atoms. The van der Waals surface area contributed by atoms with Crippen molar-refractivity contribution in [3.05, 3.63) is 169 Å². The lowest BCUT2D eigenvalue weighted by Crippen LogP contribution is -2.46. The number of halogens is 1. The molecule has 115 heavy (non-hydrogen) atoms. The summed E-state index contributed by atoms with van der Waals surface area (Å²) in [6, 6.07) is 33.7. The predicted octanol–water partition coefficient (Wildman–Crippen LogP) is 20.7. The second-order valence-electron chi connectivity index (χ2n) is 39.8. The van der Waals surface area contributed by atoms with Crippen molar-refractivity contribution in [2.75, 3.05) is 40.6 Å². The second-order valence-corrected chi connectivity index (χ2v) is 53.6. The lowest BCUT2D eigenvalue weighted by atomic mass is 9.54. The van der Waals surface area contributed by atoms with Crippen LogP contribution in [0.2, 0.25) is 19.6 Å². The molecule has 5 aromatic carbocycles. The first-order valence-electron chi connectivity index (χ1n) is 44.0. The monoisotopic (exact) mass is 1700 g/mol. The fraction of sp³-hybridized carbons (Fsp3) is 0.653. The van der Waals surface area contributed by atoms with Crippen molar-refractivity contribution in [1.29, 1.82) is 0 Å². The summed E-state index contributed by atoms with van der Waals surface area (Å²) >= 11 is 2.52. The van der Waals surface area contributed by atoms with E-state index in [1.165, 1.54) is 102 Å². The summed E-state index contributed by atoms with van der Waals surface area (Å²) in [5.41, 5.74) is 16.0. The van der Waals surface area contributed by atoms with Crippen LogP contribution in [0.1, 0.15) is 308 Å². The van der Waals surface area contributed by atoms with Gasteiger partial charge in [-0.3, -0.25) is 24.0 Å². The smallest absolute Gasteiger partial charge is 0.302 e. The molecule has 1 amide bonds. The minimum absolute atomic E-state index is 0.00318. The molecule has 626 valence electrons. The average molecular weight is 1710 g/mol. The molecule has 18 rings (SSSR count). The van der Waals surface area contributed by atoms with E-state index in [1.807, 2.05) is 25.3 Å². The molecule has 7 unspecified atom stereocenters. The quantitative estimate of drug-likeness (QED) is 0.0319. The van der Waals surface area contributed by atoms with Gasteiger partial charge in [0.25, 0.3) is 5.91 Å². The zero-order valence-corrected chi connectivity index (χ0v) is 74.7. The van der Waals surface area contributed by atoms with E-state index in [-0.39, 0.29) is 88.3 Å². The number of aromatic hydroxyl groups is 1. The fourth-order valence-corrected chi connectivity index (χ4v) is 26.9. The largest absolute Gasteiger partial charge is 0.508 e. The highest BCUT2D eigenvalue weighted by Gasteiger charge is 2.61. The molecule has 17 heteroatoms. The number of esters is 3. The topological polar surface area (TPSA) is 208 Å². The number of aliphatic hydroxyl groups is 3. The van der Waals surface area contributed by atoms with Crippen LogP contribution in [0.4, 0.5) is 0 Å². The lowest BCUT2D eigenvalue weighted by molar-refractivity contribution is -0.203. The standard InChI is InChI=1S/C30H35NO5.C23H32O3.C22H30O3.C20H28O3.C3H9ISi/c1-17-8-9-20-21-12-13-30(3)26(10-11-27(30)36-18(2)32)25(21)15-19(24(20)14-17)16-35-31-28(33)22-6-4-5-7-23(22)29(31)34;1-14-5-6-17-18-9-10-23(3)21(7-8-22(23)26-15(2)24)20(18)12-16(13-25-4)19(17)11-14;1-13-4-5-16-17-8-9-22(3)20(6-7-21(22)25-14(2)24)19(17)11-15(12-23)18(16)10-13;1-20-8-7-15-14-4-3-13(21)10-16(14)12(11-23-2)9-17(15)18(20)5-6-19(20)22;1-5(2,3)4/h4-9,14,19,21,25-28,33H,10-13,15-16H2,1-3H3;5-6,11,16,18,20-22H,7-10,12-13H2,1-4H3;4-5,10,15,17,19-21,23H,6-9,11-12H2,1-3H3;3-4,10,12,15,17-19,21-22H,5-9,11H2,1-2H3;1-3H3/t19-,21+,25+,26+,27?,28?,30-;16-,18+,20+,21-,22?,23-;15-,17+,19+,20?,21?,22-;12-,15-,17-,18?,19?,20+;/m0001./s1. The third-order valence-electron chi connectivity index (χ3n) is 32.0. The van der Waals surface area contributed by atoms with Gasteiger partial charge in [-0.1, -0.05) is 143 Å². The van der Waals surface area contributed by atoms with Crippen molar-refractivity contribution in [3.8, 4) is 5.75 Å². The highest BCUT2D eigenvalue weighted by atomic mass is 127. The summed E-state index contributed by atoms with van der Waals surface area (Å²) in [7, 11) is 3.58. The lowest BCUT2D eigenvalue weighted by Gasteiger charge is -2.52. The molecule has 5 aromatic rings. The van der Waals surface area contributed by atoms with Crippen LogP contribution >= 0.6 is 21.8 Å². The van der Waals surface area contributed by atoms with E-state index in [9.17, 15) is 39.6 Å². The number of hydrogen-bond donors (Lipinski definition) is 4. The highest BCUT2D eigenvalue weighted by Crippen LogP contribution is 2.68. The van der Waals surface area contributed by atoms with Crippen LogP contribution in [0.25, 0.3) is 0 Å². The van der Waals surface area contributed by atoms with Crippen LogP contribution < -0.4 is 0 Å². The number of carbonyl (C=O) groups is 4. The van der Waals surface area contributed by atoms with Crippen molar-refractivity contribution >= 4 is 51.2 Å². The SMILES string of the molecule is CC(=O)OC1CCC2[C@@H]3C[C@@H](CO)c4cc(C)ccc4[C@H]3CC[C@]12C.CC(=O)OC1CC[C@@H]2[C@@H]3C[C@@H](CON4C(=O)c5ccccc5C4O)c4cc(C)ccc4[C@H]3CC[C@]12C.COC[C@@H]1C[C@@H]2[C@H](CC[C@]3(C)C(OC(C)=O)CC[C@@H]23)c2ccc(C)cc21.COC[C@H]1C[C@H]2C3CCC(O)[C@@]3(C)CC[C@@H]2c2ccc(O)cc21.C[Si](C)(C)I. The van der Waals surface area contributed by atoms with Crippen LogP contribution in [-0.2, 0) is 42.9 Å². The number of aryl methyl sites for hydroxylation is 3. The van der Waals surface area contributed by atoms with Gasteiger partial charge >= 0.3 is 17.9 Å². The van der Waals surface area contributed by atoms with Gasteiger partial charge in [0.15, 0.2) is 6.23 Å². The maximum absolute atomic E-state index is 12.9. The summed E-state index contributed by atoms with van der Waals surface area (Å²) in [6.07, 6.45) is 20.9. The normalized spacial score (nSPS) is 36.9. The van der Waals surface area contributed by atoms with Gasteiger partial charge in [0, 0.05) is 92.6 Å². The molecule has 4 N–H and O–H groups in total. The average Bonchev–Trinajstić information content (AvgIpc) is 1.68. The van der Waals surface area contributed by atoms with Gasteiger partial charge < -0.3 is 44.1 Å². The fourth-order valence-electron chi connectivity index (χ4n) is 26.9. The molecule has 0 aromatic heterocycles. The first-order valence-corrected chi connectivity index (χ1v) is 50.7. The number of fused-ring (bicyclic) bond motifs is 21. The number of ether oxygens (including phenoxy) is 5. The van der Waals surface area contributed by atoms with Crippen molar-refractivity contribution in [2.45, 2.75) is 295 Å². The Morgan fingerprint density at radius 2 is 0.791 bits per heavy atom. The van der Waals surface area contributed by atoms with Crippen LogP contribution in [0.5, 0.6) is 5.75 Å². The molecule has 13 aliphatic rings. The van der Waals surface area contributed by atoms with Crippen LogP contribution in [0, 0.1) is 89.8 Å². The van der Waals surface area contributed by atoms with Gasteiger partial charge in [-0.2, -0.15) is 5.06 Å². The van der Waals surface area contributed by atoms with E-state index in [1.54, 1.807) is 37.8 Å². The third kappa shape index (κ3) is 16.8. The van der Waals surface area contributed by atoms with E-state index < -0.39 is 11.8 Å². The van der Waals surface area contributed by atoms with Gasteiger partial charge in [-0.15, -0.1) is 21.8 Å². The Kier molecular flexibility index (Phi) is 25.8. The molecule has 0 radical (unpaired) electrons. The Morgan fingerprint density at radius 3 is 1.17 bits per heavy atom. The van der Waals surface area contributed by atoms with Gasteiger partial charge in [-0.05, 0) is 288 Å². The van der Waals surface area contributed by atoms with Gasteiger partial charge in [0.1, 0.15) is 29.6 Å². The molecule has 12 aliphatic carbocycles. The van der Waals surface area contributed by atoms with Crippen molar-refractivity contribution in [1.82, 2.24) is 5.06 Å². The van der Waals surface area contributed by atoms with E-state index in [2.05, 4.69) is 151 Å². The Morgan fingerprint density at radius 1 is 0.452 bits per heavy atom. The minimum Gasteiger partial charge on any atom is -0.508 e. The Balaban J connectivity index is 0.000000126. The Bertz CT molecular complexity index is 4340. The summed E-state index contributed by atoms with van der Waals surface area (Å²) in [6.45, 7) is 29.4. The molecule has 15 nitrogen and oxygen atoms in total.